The fraction of sp³-hybridized carbons (Fsp3) is 0.105. The fourth-order valence-corrected chi connectivity index (χ4v) is 3.07. The van der Waals surface area contributed by atoms with Crippen LogP contribution in [-0.4, -0.2) is 20.3 Å². The van der Waals surface area contributed by atoms with Gasteiger partial charge in [0.25, 0.3) is 0 Å². The number of aryl methyl sites for hydroxylation is 1. The lowest BCUT2D eigenvalue weighted by Crippen LogP contribution is -2.12. The van der Waals surface area contributed by atoms with Crippen LogP contribution in [0.25, 0.3) is 21.9 Å². The number of nitriles is 1. The van der Waals surface area contributed by atoms with Crippen LogP contribution < -0.4 is 0 Å². The number of fused-ring (bicyclic) bond motifs is 2. The molecule has 0 saturated carbocycles. The number of carbonyl (C=O) groups excluding carboxylic acids is 1. The molecular weight excluding hydrogens is 319 g/mol. The number of Topliss-reactive ketones (excluding diaryl/α,β-unsaturated/α-hetero) is 1. The maximum absolute atomic E-state index is 13.6. The molecule has 2 heterocycles. The quantitative estimate of drug-likeness (QED) is 0.582. The van der Waals surface area contributed by atoms with Crippen molar-refractivity contribution in [3.05, 3.63) is 65.9 Å². The number of nitrogens with zero attached hydrogens (tertiary/aromatic N) is 3. The van der Waals surface area contributed by atoms with Gasteiger partial charge < -0.3 is 9.55 Å². The van der Waals surface area contributed by atoms with Crippen molar-refractivity contribution in [3.8, 4) is 6.07 Å². The van der Waals surface area contributed by atoms with Crippen molar-refractivity contribution in [2.45, 2.75) is 5.92 Å². The molecule has 0 aliphatic rings. The highest BCUT2D eigenvalue weighted by Crippen LogP contribution is 2.27. The van der Waals surface area contributed by atoms with Gasteiger partial charge in [-0.05, 0) is 30.3 Å². The third-order valence-corrected chi connectivity index (χ3v) is 4.29. The van der Waals surface area contributed by atoms with Gasteiger partial charge in [-0.1, -0.05) is 12.1 Å². The van der Waals surface area contributed by atoms with Gasteiger partial charge in [0.1, 0.15) is 11.6 Å². The summed E-state index contributed by atoms with van der Waals surface area (Å²) in [7, 11) is 1.78. The zero-order valence-electron chi connectivity index (χ0n) is 13.3. The number of aromatic nitrogens is 3. The molecule has 0 aliphatic heterocycles. The molecule has 0 bridgehead atoms. The Hall–Kier alpha value is -3.46. The smallest absolute Gasteiger partial charge is 0.189 e. The summed E-state index contributed by atoms with van der Waals surface area (Å²) in [5.74, 6) is -1.62. The predicted molar refractivity (Wildman–Crippen MR) is 91.7 cm³/mol. The fourth-order valence-electron chi connectivity index (χ4n) is 3.07. The Balaban J connectivity index is 1.84. The topological polar surface area (TPSA) is 74.5 Å². The summed E-state index contributed by atoms with van der Waals surface area (Å²) in [5.41, 5.74) is 2.49. The Kier molecular flexibility index (Phi) is 3.36. The van der Waals surface area contributed by atoms with Crippen molar-refractivity contribution in [2.24, 2.45) is 7.05 Å². The number of H-pyrrole nitrogens is 1. The lowest BCUT2D eigenvalue weighted by molar-refractivity contribution is 0.0978. The molecule has 5 nitrogen and oxygen atoms in total. The van der Waals surface area contributed by atoms with Gasteiger partial charge in [0, 0.05) is 29.7 Å². The molecule has 0 aliphatic carbocycles. The average molecular weight is 332 g/mol. The first-order chi connectivity index (χ1) is 12.1. The summed E-state index contributed by atoms with van der Waals surface area (Å²) in [6, 6.07) is 13.6. The average Bonchev–Trinajstić information content (AvgIpc) is 3.16. The molecule has 0 fully saturated rings. The van der Waals surface area contributed by atoms with E-state index in [4.69, 9.17) is 0 Å². The number of imidazole rings is 1. The summed E-state index contributed by atoms with van der Waals surface area (Å²) < 4.78 is 15.4. The van der Waals surface area contributed by atoms with Gasteiger partial charge in [-0.15, -0.1) is 0 Å². The van der Waals surface area contributed by atoms with Crippen molar-refractivity contribution >= 4 is 27.7 Å². The van der Waals surface area contributed by atoms with Crippen LogP contribution in [0, 0.1) is 17.1 Å². The number of hydrogen-bond acceptors (Lipinski definition) is 3. The molecule has 0 saturated heterocycles. The van der Waals surface area contributed by atoms with Crippen LogP contribution in [0.15, 0.2) is 48.7 Å². The van der Waals surface area contributed by atoms with Crippen LogP contribution in [0.3, 0.4) is 0 Å². The highest BCUT2D eigenvalue weighted by Gasteiger charge is 2.27. The molecule has 2 aromatic heterocycles. The zero-order valence-corrected chi connectivity index (χ0v) is 13.3. The molecule has 2 aromatic carbocycles. The Labute approximate surface area is 142 Å². The van der Waals surface area contributed by atoms with E-state index in [0.717, 1.165) is 11.0 Å². The number of benzene rings is 2. The van der Waals surface area contributed by atoms with Crippen LogP contribution in [0.2, 0.25) is 0 Å². The zero-order chi connectivity index (χ0) is 17.6. The second kappa shape index (κ2) is 5.56. The first kappa shape index (κ1) is 15.1. The number of hydrogen-bond donors (Lipinski definition) is 1. The number of ketones is 1. The minimum absolute atomic E-state index is 0.294. The lowest BCUT2D eigenvalue weighted by atomic mass is 9.98. The van der Waals surface area contributed by atoms with Gasteiger partial charge in [-0.2, -0.15) is 5.26 Å². The van der Waals surface area contributed by atoms with Crippen LogP contribution in [0.5, 0.6) is 0 Å². The molecule has 1 atom stereocenters. The first-order valence-electron chi connectivity index (χ1n) is 7.71. The Morgan fingerprint density at radius 1 is 1.32 bits per heavy atom. The van der Waals surface area contributed by atoms with Gasteiger partial charge in [0.2, 0.25) is 0 Å². The summed E-state index contributed by atoms with van der Waals surface area (Å²) in [6.07, 6.45) is 1.62. The first-order valence-corrected chi connectivity index (χ1v) is 7.71. The molecule has 25 heavy (non-hydrogen) atoms. The van der Waals surface area contributed by atoms with E-state index in [0.29, 0.717) is 22.3 Å². The predicted octanol–water partition coefficient (Wildman–Crippen LogP) is 3.68. The van der Waals surface area contributed by atoms with E-state index in [1.54, 1.807) is 23.9 Å². The molecule has 1 N–H and O–H groups in total. The minimum Gasteiger partial charge on any atom is -0.350 e. The number of rotatable bonds is 3. The van der Waals surface area contributed by atoms with Crippen LogP contribution in [0.1, 0.15) is 22.1 Å². The lowest BCUT2D eigenvalue weighted by Gasteiger charge is -2.04. The maximum atomic E-state index is 13.6. The minimum atomic E-state index is -1.08. The third kappa shape index (κ3) is 2.37. The molecule has 122 valence electrons. The number of carbonyl (C=O) groups is 1. The molecule has 1 unspecified atom stereocenters. The summed E-state index contributed by atoms with van der Waals surface area (Å²) in [4.78, 5) is 20.4. The van der Waals surface area contributed by atoms with Gasteiger partial charge in [0.05, 0.1) is 17.1 Å². The van der Waals surface area contributed by atoms with Crippen molar-refractivity contribution in [1.29, 1.82) is 5.26 Å². The van der Waals surface area contributed by atoms with Gasteiger partial charge >= 0.3 is 0 Å². The molecule has 4 aromatic rings. The standard InChI is InChI=1S/C19H13FN4O/c1-24-10-14(12-8-11(20)6-7-17(12)24)18(25)13(9-21)19-22-15-4-2-3-5-16(15)23-19/h2-8,10,13H,1H3,(H,22,23). The maximum Gasteiger partial charge on any atom is 0.189 e. The molecule has 6 heteroatoms. The van der Waals surface area contributed by atoms with E-state index in [-0.39, 0.29) is 0 Å². The van der Waals surface area contributed by atoms with Crippen molar-refractivity contribution in [1.82, 2.24) is 14.5 Å². The number of nitrogens with one attached hydrogen (secondary N) is 1. The largest absolute Gasteiger partial charge is 0.350 e. The Bertz CT molecular complexity index is 1130. The van der Waals surface area contributed by atoms with Crippen molar-refractivity contribution in [3.63, 3.8) is 0 Å². The summed E-state index contributed by atoms with van der Waals surface area (Å²) in [6.45, 7) is 0. The van der Waals surface area contributed by atoms with Crippen molar-refractivity contribution < 1.29 is 9.18 Å². The molecule has 4 rings (SSSR count). The van der Waals surface area contributed by atoms with E-state index in [1.165, 1.54) is 12.1 Å². The van der Waals surface area contributed by atoms with Gasteiger partial charge in [-0.3, -0.25) is 4.79 Å². The van der Waals surface area contributed by atoms with Gasteiger partial charge in [0.15, 0.2) is 11.7 Å². The summed E-state index contributed by atoms with van der Waals surface area (Å²) >= 11 is 0. The Morgan fingerprint density at radius 3 is 2.88 bits per heavy atom. The van der Waals surface area contributed by atoms with Crippen LogP contribution >= 0.6 is 0 Å². The Morgan fingerprint density at radius 2 is 2.12 bits per heavy atom. The van der Waals surface area contributed by atoms with E-state index in [1.807, 2.05) is 30.3 Å². The third-order valence-electron chi connectivity index (χ3n) is 4.29. The van der Waals surface area contributed by atoms with Crippen molar-refractivity contribution in [2.75, 3.05) is 0 Å². The monoisotopic (exact) mass is 332 g/mol. The SMILES string of the molecule is Cn1cc(C(=O)C(C#N)c2nc3ccccc3[nH]2)c2cc(F)ccc21. The number of halogens is 1. The highest BCUT2D eigenvalue weighted by molar-refractivity contribution is 6.11. The summed E-state index contributed by atoms with van der Waals surface area (Å²) in [5, 5.41) is 10.0. The van der Waals surface area contributed by atoms with E-state index in [2.05, 4.69) is 9.97 Å². The normalized spacial score (nSPS) is 12.4. The van der Waals surface area contributed by atoms with Gasteiger partial charge in [-0.25, -0.2) is 9.37 Å². The molecule has 0 spiro atoms. The molecule has 0 amide bonds. The second-order valence-electron chi connectivity index (χ2n) is 5.88. The number of para-hydroxylation sites is 2. The van der Waals surface area contributed by atoms with Crippen LogP contribution in [-0.2, 0) is 7.05 Å². The number of aromatic amines is 1. The second-order valence-corrected chi connectivity index (χ2v) is 5.88. The van der Waals surface area contributed by atoms with Crippen LogP contribution in [0.4, 0.5) is 4.39 Å². The van der Waals surface area contributed by atoms with E-state index < -0.39 is 17.5 Å². The van der Waals surface area contributed by atoms with E-state index in [9.17, 15) is 14.4 Å². The highest BCUT2D eigenvalue weighted by atomic mass is 19.1. The molecular formula is C19H13FN4O. The van der Waals surface area contributed by atoms with E-state index >= 15 is 0 Å². The molecule has 0 radical (unpaired) electrons.